The Labute approximate surface area is 235 Å². The van der Waals surface area contributed by atoms with Crippen LogP contribution < -0.4 is 10.0 Å². The Morgan fingerprint density at radius 2 is 1.59 bits per heavy atom. The minimum atomic E-state index is -3.57. The second kappa shape index (κ2) is 14.8. The molecule has 39 heavy (non-hydrogen) atoms. The van der Waals surface area contributed by atoms with E-state index in [0.717, 1.165) is 11.1 Å². The topological polar surface area (TPSA) is 116 Å². The van der Waals surface area contributed by atoms with Crippen molar-refractivity contribution in [1.29, 1.82) is 0 Å². The van der Waals surface area contributed by atoms with E-state index < -0.39 is 16.1 Å². The summed E-state index contributed by atoms with van der Waals surface area (Å²) in [5.74, 6) is -0.574. The molecule has 3 N–H and O–H groups in total. The Kier molecular flexibility index (Phi) is 11.5. The summed E-state index contributed by atoms with van der Waals surface area (Å²) >= 11 is 6.06. The molecule has 0 radical (unpaired) electrons. The zero-order chi connectivity index (χ0) is 28.3. The quantitative estimate of drug-likeness (QED) is 0.254. The minimum Gasteiger partial charge on any atom is -0.396 e. The fourth-order valence-corrected chi connectivity index (χ4v) is 5.28. The molecule has 0 saturated heterocycles. The van der Waals surface area contributed by atoms with Crippen molar-refractivity contribution in [2.45, 2.75) is 43.7 Å². The predicted molar refractivity (Wildman–Crippen MR) is 152 cm³/mol. The van der Waals surface area contributed by atoms with Crippen LogP contribution in [0.5, 0.6) is 0 Å². The van der Waals surface area contributed by atoms with Gasteiger partial charge in [-0.3, -0.25) is 9.59 Å². The van der Waals surface area contributed by atoms with E-state index in [1.807, 2.05) is 42.5 Å². The highest BCUT2D eigenvalue weighted by molar-refractivity contribution is 7.89. The van der Waals surface area contributed by atoms with Crippen molar-refractivity contribution in [2.75, 3.05) is 19.7 Å². The third kappa shape index (κ3) is 8.90. The zero-order valence-electron chi connectivity index (χ0n) is 21.8. The van der Waals surface area contributed by atoms with Gasteiger partial charge in [0.1, 0.15) is 6.04 Å². The van der Waals surface area contributed by atoms with Crippen LogP contribution in [0.3, 0.4) is 0 Å². The summed E-state index contributed by atoms with van der Waals surface area (Å²) in [5, 5.41) is 12.6. The fraction of sp³-hybridized carbons (Fsp3) is 0.310. The predicted octanol–water partition coefficient (Wildman–Crippen LogP) is 3.84. The summed E-state index contributed by atoms with van der Waals surface area (Å²) in [7, 11) is -3.57. The summed E-state index contributed by atoms with van der Waals surface area (Å²) in [6.07, 6.45) is 0.878. The number of hydrogen-bond acceptors (Lipinski definition) is 5. The lowest BCUT2D eigenvalue weighted by Gasteiger charge is -2.32. The number of aryl methyl sites for hydroxylation is 1. The van der Waals surface area contributed by atoms with E-state index in [9.17, 15) is 18.0 Å². The first-order valence-corrected chi connectivity index (χ1v) is 14.7. The number of halogens is 1. The van der Waals surface area contributed by atoms with Gasteiger partial charge in [0.15, 0.2) is 0 Å². The lowest BCUT2D eigenvalue weighted by atomic mass is 10.0. The van der Waals surface area contributed by atoms with Crippen LogP contribution in [-0.4, -0.2) is 49.9 Å². The number of sulfonamides is 1. The smallest absolute Gasteiger partial charge is 0.247 e. The maximum atomic E-state index is 13.7. The summed E-state index contributed by atoms with van der Waals surface area (Å²) in [5.41, 5.74) is 2.28. The molecule has 0 unspecified atom stereocenters. The molecule has 3 aromatic carbocycles. The largest absolute Gasteiger partial charge is 0.396 e. The van der Waals surface area contributed by atoms with E-state index >= 15 is 0 Å². The molecular formula is C29H34ClN3O5S. The number of hydrogen-bond donors (Lipinski definition) is 3. The van der Waals surface area contributed by atoms with Gasteiger partial charge in [0.05, 0.1) is 4.90 Å². The van der Waals surface area contributed by atoms with Crippen LogP contribution >= 0.6 is 11.6 Å². The van der Waals surface area contributed by atoms with Crippen molar-refractivity contribution in [3.05, 3.63) is 101 Å². The Balaban J connectivity index is 1.87. The van der Waals surface area contributed by atoms with Gasteiger partial charge in [-0.2, -0.15) is 0 Å². The molecule has 0 aromatic heterocycles. The van der Waals surface area contributed by atoms with Crippen LogP contribution in [-0.2, 0) is 32.6 Å². The van der Waals surface area contributed by atoms with E-state index in [1.165, 1.54) is 12.1 Å². The Morgan fingerprint density at radius 3 is 2.21 bits per heavy atom. The van der Waals surface area contributed by atoms with E-state index in [-0.39, 0.29) is 49.4 Å². The number of amides is 2. The van der Waals surface area contributed by atoms with Crippen molar-refractivity contribution in [2.24, 2.45) is 0 Å². The van der Waals surface area contributed by atoms with E-state index in [0.29, 0.717) is 23.4 Å². The maximum absolute atomic E-state index is 13.7. The lowest BCUT2D eigenvalue weighted by molar-refractivity contribution is -0.141. The Bertz CT molecular complexity index is 1320. The fourth-order valence-electron chi connectivity index (χ4n) is 4.11. The average Bonchev–Trinajstić information content (AvgIpc) is 2.93. The van der Waals surface area contributed by atoms with E-state index in [2.05, 4.69) is 10.0 Å². The molecule has 3 aromatic rings. The Morgan fingerprint density at radius 1 is 0.949 bits per heavy atom. The molecule has 0 spiro atoms. The molecule has 2 amide bonds. The van der Waals surface area contributed by atoms with Gasteiger partial charge in [0.2, 0.25) is 21.8 Å². The number of nitrogens with zero attached hydrogens (tertiary/aromatic N) is 1. The van der Waals surface area contributed by atoms with Gasteiger partial charge in [-0.15, -0.1) is 0 Å². The molecule has 0 fully saturated rings. The first kappa shape index (κ1) is 30.3. The molecule has 0 saturated carbocycles. The number of carbonyl (C=O) groups is 2. The maximum Gasteiger partial charge on any atom is 0.247 e. The molecule has 0 aliphatic heterocycles. The summed E-state index contributed by atoms with van der Waals surface area (Å²) in [6, 6.07) is 21.7. The van der Waals surface area contributed by atoms with Crippen molar-refractivity contribution in [3.63, 3.8) is 0 Å². The van der Waals surface area contributed by atoms with Crippen molar-refractivity contribution in [3.8, 4) is 0 Å². The number of nitrogens with one attached hydrogen (secondary N) is 2. The molecule has 8 nitrogen and oxygen atoms in total. The summed E-state index contributed by atoms with van der Waals surface area (Å²) in [4.78, 5) is 28.8. The van der Waals surface area contributed by atoms with Gasteiger partial charge in [-0.25, -0.2) is 13.1 Å². The standard InChI is InChI=1S/C29H34ClN3O5S/c1-2-32-39(37,38)26-16-11-22(12-17-26)13-18-27(35)33(21-23-9-14-25(30)15-10-23)28(24-7-4-3-5-8-24)29(36)31-19-6-20-34/h3-5,7-12,14-17,28,32,34H,2,6,13,18-21H2,1H3,(H,31,36)/t28-/m1/s1. The second-order valence-corrected chi connectivity index (χ2v) is 11.2. The van der Waals surface area contributed by atoms with Crippen LogP contribution in [0.2, 0.25) is 5.02 Å². The number of rotatable bonds is 14. The SMILES string of the molecule is CCNS(=O)(=O)c1ccc(CCC(=O)N(Cc2ccc(Cl)cc2)[C@@H](C(=O)NCCCO)c2ccccc2)cc1. The molecule has 0 bridgehead atoms. The number of aliphatic hydroxyl groups excluding tert-OH is 1. The molecule has 10 heteroatoms. The van der Waals surface area contributed by atoms with Gasteiger partial charge in [0.25, 0.3) is 0 Å². The van der Waals surface area contributed by atoms with E-state index in [4.69, 9.17) is 16.7 Å². The third-order valence-corrected chi connectivity index (χ3v) is 7.90. The van der Waals surface area contributed by atoms with Gasteiger partial charge in [-0.05, 0) is 53.8 Å². The highest BCUT2D eigenvalue weighted by Gasteiger charge is 2.31. The molecule has 3 rings (SSSR count). The Hall–Kier alpha value is -3.24. The number of aliphatic hydroxyl groups is 1. The van der Waals surface area contributed by atoms with Crippen molar-refractivity contribution in [1.82, 2.24) is 14.9 Å². The lowest BCUT2D eigenvalue weighted by Crippen LogP contribution is -2.43. The molecule has 0 aliphatic carbocycles. The van der Waals surface area contributed by atoms with Crippen molar-refractivity contribution >= 4 is 33.4 Å². The van der Waals surface area contributed by atoms with Crippen LogP contribution in [0, 0.1) is 0 Å². The highest BCUT2D eigenvalue weighted by Crippen LogP contribution is 2.26. The van der Waals surface area contributed by atoms with Gasteiger partial charge in [0, 0.05) is 37.7 Å². The van der Waals surface area contributed by atoms with Crippen LogP contribution in [0.4, 0.5) is 0 Å². The third-order valence-electron chi connectivity index (χ3n) is 6.09. The normalized spacial score (nSPS) is 12.1. The molecular weight excluding hydrogens is 538 g/mol. The number of carbonyl (C=O) groups excluding carboxylic acids is 2. The number of benzene rings is 3. The average molecular weight is 572 g/mol. The minimum absolute atomic E-state index is 0.0572. The van der Waals surface area contributed by atoms with Gasteiger partial charge in [-0.1, -0.05) is 73.1 Å². The second-order valence-electron chi connectivity index (χ2n) is 8.97. The van der Waals surface area contributed by atoms with Crippen LogP contribution in [0.25, 0.3) is 0 Å². The molecule has 1 atom stereocenters. The molecule has 208 valence electrons. The van der Waals surface area contributed by atoms with Crippen molar-refractivity contribution < 1.29 is 23.1 Å². The highest BCUT2D eigenvalue weighted by atomic mass is 35.5. The monoisotopic (exact) mass is 571 g/mol. The molecule has 0 heterocycles. The molecule has 0 aliphatic rings. The summed E-state index contributed by atoms with van der Waals surface area (Å²) in [6.45, 7) is 2.41. The zero-order valence-corrected chi connectivity index (χ0v) is 23.4. The van der Waals surface area contributed by atoms with E-state index in [1.54, 1.807) is 36.1 Å². The van der Waals surface area contributed by atoms with Gasteiger partial charge < -0.3 is 15.3 Å². The van der Waals surface area contributed by atoms with Gasteiger partial charge >= 0.3 is 0 Å². The van der Waals surface area contributed by atoms with Crippen LogP contribution in [0.1, 0.15) is 42.5 Å². The first-order chi connectivity index (χ1) is 18.7. The first-order valence-electron chi connectivity index (χ1n) is 12.8. The summed E-state index contributed by atoms with van der Waals surface area (Å²) < 4.78 is 26.9. The van der Waals surface area contributed by atoms with Crippen LogP contribution in [0.15, 0.2) is 83.8 Å².